The van der Waals surface area contributed by atoms with E-state index >= 15 is 0 Å². The minimum Gasteiger partial charge on any atom is -0.455 e. The summed E-state index contributed by atoms with van der Waals surface area (Å²) < 4.78 is 5.24. The van der Waals surface area contributed by atoms with Crippen molar-refractivity contribution in [2.45, 2.75) is 53.5 Å². The van der Waals surface area contributed by atoms with Crippen LogP contribution in [0.15, 0.2) is 24.3 Å². The lowest BCUT2D eigenvalue weighted by Gasteiger charge is -2.22. The molecule has 0 bridgehead atoms. The van der Waals surface area contributed by atoms with Crippen LogP contribution in [0.2, 0.25) is 0 Å². The molecule has 0 N–H and O–H groups in total. The molecule has 1 aliphatic carbocycles. The number of carbonyl (C=O) groups is 2. The first-order valence-electron chi connectivity index (χ1n) is 10.1. The Hall–Kier alpha value is -2.72. The molecule has 7 heteroatoms. The van der Waals surface area contributed by atoms with Crippen LogP contribution >= 0.6 is 11.3 Å². The van der Waals surface area contributed by atoms with E-state index in [0.29, 0.717) is 5.56 Å². The molecule has 158 valence electrons. The molecular formula is C23H27N3O3S. The fraction of sp³-hybridized carbons (Fsp3) is 0.478. The number of anilines is 1. The molecule has 6 nitrogen and oxygen atoms in total. The number of aromatic nitrogens is 1. The number of hydrogen-bond acceptors (Lipinski definition) is 6. The van der Waals surface area contributed by atoms with Crippen molar-refractivity contribution in [3.63, 3.8) is 0 Å². The van der Waals surface area contributed by atoms with Crippen molar-refractivity contribution < 1.29 is 14.3 Å². The highest BCUT2D eigenvalue weighted by molar-refractivity contribution is 7.16. The highest BCUT2D eigenvalue weighted by Crippen LogP contribution is 2.34. The minimum absolute atomic E-state index is 0.0536. The third-order valence-corrected chi connectivity index (χ3v) is 5.87. The Kier molecular flexibility index (Phi) is 6.57. The normalized spacial score (nSPS) is 13.6. The van der Waals surface area contributed by atoms with Gasteiger partial charge in [0.05, 0.1) is 34.8 Å². The molecule has 0 unspecified atom stereocenters. The second kappa shape index (κ2) is 8.97. The van der Waals surface area contributed by atoms with E-state index in [9.17, 15) is 14.9 Å². The van der Waals surface area contributed by atoms with Crippen molar-refractivity contribution in [3.05, 3.63) is 46.1 Å². The quantitative estimate of drug-likeness (QED) is 0.614. The van der Waals surface area contributed by atoms with Gasteiger partial charge >= 0.3 is 5.97 Å². The average Bonchev–Trinajstić information content (AvgIpc) is 3.47. The smallest absolute Gasteiger partial charge is 0.309 e. The fourth-order valence-corrected chi connectivity index (χ4v) is 4.45. The van der Waals surface area contributed by atoms with Crippen LogP contribution < -0.4 is 4.90 Å². The van der Waals surface area contributed by atoms with E-state index in [1.807, 2.05) is 13.0 Å². The minimum atomic E-state index is -0.302. The lowest BCUT2D eigenvalue weighted by molar-refractivity contribution is -0.149. The van der Waals surface area contributed by atoms with E-state index in [2.05, 4.69) is 31.8 Å². The molecular weight excluding hydrogens is 398 g/mol. The predicted octanol–water partition coefficient (Wildman–Crippen LogP) is 4.40. The fourth-order valence-electron chi connectivity index (χ4n) is 3.07. The van der Waals surface area contributed by atoms with Gasteiger partial charge in [0.15, 0.2) is 6.61 Å². The maximum absolute atomic E-state index is 13.1. The maximum atomic E-state index is 13.1. The third kappa shape index (κ3) is 5.90. The number of nitriles is 1. The first kappa shape index (κ1) is 22.0. The molecule has 1 heterocycles. The van der Waals surface area contributed by atoms with Gasteiger partial charge in [-0.1, -0.05) is 32.9 Å². The Balaban J connectivity index is 1.85. The molecule has 0 aliphatic heterocycles. The monoisotopic (exact) mass is 425 g/mol. The van der Waals surface area contributed by atoms with E-state index in [0.717, 1.165) is 40.5 Å². The first-order chi connectivity index (χ1) is 14.2. The van der Waals surface area contributed by atoms with Gasteiger partial charge in [0.2, 0.25) is 0 Å². The molecule has 1 aromatic heterocycles. The zero-order valence-electron chi connectivity index (χ0n) is 17.9. The number of thiazole rings is 1. The largest absolute Gasteiger partial charge is 0.455 e. The van der Waals surface area contributed by atoms with Crippen molar-refractivity contribution in [1.29, 1.82) is 5.26 Å². The van der Waals surface area contributed by atoms with E-state index in [1.165, 1.54) is 11.3 Å². The van der Waals surface area contributed by atoms with Crippen molar-refractivity contribution in [2.24, 2.45) is 11.3 Å². The van der Waals surface area contributed by atoms with Gasteiger partial charge in [-0.25, -0.2) is 4.98 Å². The molecule has 0 spiro atoms. The van der Waals surface area contributed by atoms with Gasteiger partial charge in [-0.2, -0.15) is 5.26 Å². The third-order valence-electron chi connectivity index (χ3n) is 4.69. The van der Waals surface area contributed by atoms with Gasteiger partial charge in [0.25, 0.3) is 5.91 Å². The summed E-state index contributed by atoms with van der Waals surface area (Å²) in [5, 5.41) is 10.9. The van der Waals surface area contributed by atoms with Crippen molar-refractivity contribution in [1.82, 2.24) is 4.98 Å². The summed E-state index contributed by atoms with van der Waals surface area (Å²) in [7, 11) is 0. The van der Waals surface area contributed by atoms with E-state index in [-0.39, 0.29) is 36.4 Å². The Morgan fingerprint density at radius 1 is 1.33 bits per heavy atom. The number of rotatable bonds is 7. The summed E-state index contributed by atoms with van der Waals surface area (Å²) >= 11 is 1.49. The molecule has 0 saturated heterocycles. The summed E-state index contributed by atoms with van der Waals surface area (Å²) in [6, 6.07) is 9.30. The topological polar surface area (TPSA) is 83.3 Å². The molecule has 1 aromatic carbocycles. The second-order valence-corrected chi connectivity index (χ2v) is 9.97. The van der Waals surface area contributed by atoms with Crippen LogP contribution in [-0.2, 0) is 27.3 Å². The molecule has 1 aliphatic rings. The lowest BCUT2D eigenvalue weighted by atomic mass is 9.93. The van der Waals surface area contributed by atoms with E-state index in [4.69, 9.17) is 4.74 Å². The zero-order chi connectivity index (χ0) is 21.9. The number of amides is 1. The molecule has 2 aromatic rings. The summed E-state index contributed by atoms with van der Waals surface area (Å²) in [5.74, 6) is -0.647. The lowest BCUT2D eigenvalue weighted by Crippen LogP contribution is -2.34. The number of aryl methyl sites for hydroxylation is 1. The maximum Gasteiger partial charge on any atom is 0.309 e. The molecule has 0 atom stereocenters. The molecule has 1 amide bonds. The first-order valence-corrected chi connectivity index (χ1v) is 10.9. The Bertz CT molecular complexity index is 980. The van der Waals surface area contributed by atoms with Crippen molar-refractivity contribution in [2.75, 3.05) is 11.5 Å². The number of hydrogen-bond donors (Lipinski definition) is 0. The van der Waals surface area contributed by atoms with E-state index in [1.54, 1.807) is 23.1 Å². The van der Waals surface area contributed by atoms with Crippen LogP contribution in [-0.4, -0.2) is 23.5 Å². The van der Waals surface area contributed by atoms with E-state index < -0.39 is 0 Å². The van der Waals surface area contributed by atoms with Crippen LogP contribution in [0.3, 0.4) is 0 Å². The molecule has 3 rings (SSSR count). The van der Waals surface area contributed by atoms with Gasteiger partial charge in [0, 0.05) is 6.42 Å². The molecule has 30 heavy (non-hydrogen) atoms. The second-order valence-electron chi connectivity index (χ2n) is 8.91. The Morgan fingerprint density at radius 2 is 2.07 bits per heavy atom. The van der Waals surface area contributed by atoms with Crippen LogP contribution in [0, 0.1) is 29.6 Å². The number of benzene rings is 1. The van der Waals surface area contributed by atoms with Gasteiger partial charge in [-0.15, -0.1) is 11.3 Å². The Labute approximate surface area is 181 Å². The zero-order valence-corrected chi connectivity index (χ0v) is 18.7. The number of carbonyl (C=O) groups excluding carboxylic acids is 2. The van der Waals surface area contributed by atoms with Gasteiger partial charge in [-0.05, 0) is 42.9 Å². The van der Waals surface area contributed by atoms with Crippen LogP contribution in [0.4, 0.5) is 5.00 Å². The number of nitrogens with zero attached hydrogens (tertiary/aromatic N) is 3. The van der Waals surface area contributed by atoms with Crippen LogP contribution in [0.5, 0.6) is 0 Å². The van der Waals surface area contributed by atoms with Crippen LogP contribution in [0.25, 0.3) is 0 Å². The summed E-state index contributed by atoms with van der Waals surface area (Å²) in [5.41, 5.74) is 2.23. The highest BCUT2D eigenvalue weighted by atomic mass is 32.1. The SMILES string of the molecule is Cc1nc(CC(C)(C)C)sc1N(Cc1cccc(C#N)c1)C(=O)COC(=O)C1CC1. The summed E-state index contributed by atoms with van der Waals surface area (Å²) in [6.45, 7) is 8.33. The van der Waals surface area contributed by atoms with Gasteiger partial charge in [-0.3, -0.25) is 14.5 Å². The van der Waals surface area contributed by atoms with Crippen molar-refractivity contribution in [3.8, 4) is 6.07 Å². The number of esters is 1. The standard InChI is InChI=1S/C23H27N3O3S/c1-15-21(30-19(25-15)11-23(2,3)4)26(13-17-7-5-6-16(10-17)12-24)20(27)14-29-22(28)18-8-9-18/h5-7,10,18H,8-9,11,13-14H2,1-4H3. The van der Waals surface area contributed by atoms with Crippen molar-refractivity contribution >= 4 is 28.2 Å². The average molecular weight is 426 g/mol. The van der Waals surface area contributed by atoms with Gasteiger partial charge in [0.1, 0.15) is 5.00 Å². The number of ether oxygens (including phenoxy) is 1. The summed E-state index contributed by atoms with van der Waals surface area (Å²) in [4.78, 5) is 31.3. The Morgan fingerprint density at radius 3 is 2.70 bits per heavy atom. The highest BCUT2D eigenvalue weighted by Gasteiger charge is 2.32. The molecule has 1 fully saturated rings. The summed E-state index contributed by atoms with van der Waals surface area (Å²) in [6.07, 6.45) is 2.48. The predicted molar refractivity (Wildman–Crippen MR) is 116 cm³/mol. The molecule has 1 saturated carbocycles. The van der Waals surface area contributed by atoms with Gasteiger partial charge < -0.3 is 4.74 Å². The van der Waals surface area contributed by atoms with Crippen LogP contribution in [0.1, 0.15) is 55.4 Å². The molecule has 0 radical (unpaired) electrons.